The number of likely N-dealkylation sites (tertiary alicyclic amines) is 1. The van der Waals surface area contributed by atoms with Gasteiger partial charge in [0.2, 0.25) is 0 Å². The molecular formula is C26H25N3O2. The van der Waals surface area contributed by atoms with Gasteiger partial charge in [0.15, 0.2) is 0 Å². The van der Waals surface area contributed by atoms with Crippen LogP contribution in [0.4, 0.5) is 5.69 Å². The molecule has 1 aliphatic rings. The maximum absolute atomic E-state index is 12.8. The van der Waals surface area contributed by atoms with Gasteiger partial charge in [-0.15, -0.1) is 0 Å². The van der Waals surface area contributed by atoms with Crippen LogP contribution < -0.4 is 5.32 Å². The van der Waals surface area contributed by atoms with Crippen molar-refractivity contribution in [3.05, 3.63) is 84.1 Å². The summed E-state index contributed by atoms with van der Waals surface area (Å²) in [7, 11) is 0. The van der Waals surface area contributed by atoms with E-state index in [9.17, 15) is 15.2 Å². The van der Waals surface area contributed by atoms with E-state index in [0.717, 1.165) is 37.7 Å². The highest BCUT2D eigenvalue weighted by Gasteiger charge is 2.20. The molecule has 1 heterocycles. The van der Waals surface area contributed by atoms with Crippen LogP contribution in [0.25, 0.3) is 10.8 Å². The Balaban J connectivity index is 1.41. The topological polar surface area (TPSA) is 76.4 Å². The number of amides is 1. The lowest BCUT2D eigenvalue weighted by atomic mass is 9.90. The van der Waals surface area contributed by atoms with Gasteiger partial charge in [0.05, 0.1) is 0 Å². The number of nitriles is 1. The first-order valence-electron chi connectivity index (χ1n) is 10.6. The summed E-state index contributed by atoms with van der Waals surface area (Å²) in [6, 6.07) is 23.0. The van der Waals surface area contributed by atoms with E-state index in [0.29, 0.717) is 17.0 Å². The molecule has 0 spiro atoms. The van der Waals surface area contributed by atoms with Crippen molar-refractivity contribution in [2.75, 3.05) is 18.4 Å². The third kappa shape index (κ3) is 4.87. The zero-order valence-electron chi connectivity index (χ0n) is 17.3. The van der Waals surface area contributed by atoms with Crippen molar-refractivity contribution in [2.24, 2.45) is 5.92 Å². The Morgan fingerprint density at radius 1 is 1.03 bits per heavy atom. The lowest BCUT2D eigenvalue weighted by molar-refractivity contribution is -0.112. The Morgan fingerprint density at radius 2 is 1.74 bits per heavy atom. The number of anilines is 1. The fraction of sp³-hybridized carbons (Fsp3) is 0.231. The summed E-state index contributed by atoms with van der Waals surface area (Å²) < 4.78 is 0. The van der Waals surface area contributed by atoms with Crippen molar-refractivity contribution < 1.29 is 9.90 Å². The lowest BCUT2D eigenvalue weighted by Gasteiger charge is -2.31. The molecular weight excluding hydrogens is 386 g/mol. The number of hydrogen-bond donors (Lipinski definition) is 2. The van der Waals surface area contributed by atoms with Gasteiger partial charge >= 0.3 is 0 Å². The third-order valence-corrected chi connectivity index (χ3v) is 5.84. The zero-order chi connectivity index (χ0) is 21.6. The second-order valence-corrected chi connectivity index (χ2v) is 7.96. The Kier molecular flexibility index (Phi) is 6.18. The largest absolute Gasteiger partial charge is 0.507 e. The second-order valence-electron chi connectivity index (χ2n) is 7.96. The summed E-state index contributed by atoms with van der Waals surface area (Å²) in [5, 5.41) is 23.8. The number of carbonyl (C=O) groups excluding carboxylic acids is 1. The average Bonchev–Trinajstić information content (AvgIpc) is 2.80. The van der Waals surface area contributed by atoms with E-state index in [4.69, 9.17) is 0 Å². The molecule has 0 unspecified atom stereocenters. The number of rotatable bonds is 5. The molecule has 5 heteroatoms. The number of piperidine rings is 1. The van der Waals surface area contributed by atoms with E-state index >= 15 is 0 Å². The standard InChI is InChI=1S/C26H25N3O2/c27-17-21(18-29-14-12-20(13-15-29)16-19-6-2-1-3-7-19)26(31)28-24-10-4-9-23-22(24)8-5-11-25(23)30/h1-11,18,20,30H,12-16H2,(H,28,31)/b21-18-. The fourth-order valence-corrected chi connectivity index (χ4v) is 4.15. The molecule has 2 N–H and O–H groups in total. The Morgan fingerprint density at radius 3 is 2.48 bits per heavy atom. The molecule has 0 aromatic heterocycles. The van der Waals surface area contributed by atoms with Gasteiger partial charge in [-0.05, 0) is 42.9 Å². The highest BCUT2D eigenvalue weighted by Crippen LogP contribution is 2.30. The molecule has 0 bridgehead atoms. The maximum Gasteiger partial charge on any atom is 0.267 e. The van der Waals surface area contributed by atoms with Crippen molar-refractivity contribution in [2.45, 2.75) is 19.3 Å². The first-order valence-corrected chi connectivity index (χ1v) is 10.6. The molecule has 1 amide bonds. The van der Waals surface area contributed by atoms with Crippen LogP contribution in [0.2, 0.25) is 0 Å². The monoisotopic (exact) mass is 411 g/mol. The Bertz CT molecular complexity index is 1140. The number of nitrogens with one attached hydrogen (secondary N) is 1. The first kappa shape index (κ1) is 20.5. The van der Waals surface area contributed by atoms with E-state index in [1.165, 1.54) is 5.56 Å². The van der Waals surface area contributed by atoms with Crippen LogP contribution in [-0.4, -0.2) is 29.0 Å². The number of phenolic OH excluding ortho intramolecular Hbond substituents is 1. The average molecular weight is 412 g/mol. The minimum absolute atomic E-state index is 0.0821. The SMILES string of the molecule is N#C/C(=C/N1CCC(Cc2ccccc2)CC1)C(=O)Nc1cccc2c(O)cccc12. The molecule has 5 nitrogen and oxygen atoms in total. The van der Waals surface area contributed by atoms with Crippen LogP contribution in [0.1, 0.15) is 18.4 Å². The summed E-state index contributed by atoms with van der Waals surface area (Å²) in [4.78, 5) is 14.8. The smallest absolute Gasteiger partial charge is 0.267 e. The third-order valence-electron chi connectivity index (χ3n) is 5.84. The van der Waals surface area contributed by atoms with E-state index in [1.54, 1.807) is 36.5 Å². The highest BCUT2D eigenvalue weighted by molar-refractivity contribution is 6.11. The van der Waals surface area contributed by atoms with Gasteiger partial charge in [-0.3, -0.25) is 4.79 Å². The number of hydrogen-bond acceptors (Lipinski definition) is 4. The molecule has 3 aromatic rings. The van der Waals surface area contributed by atoms with Gasteiger partial charge < -0.3 is 15.3 Å². The highest BCUT2D eigenvalue weighted by atomic mass is 16.3. The van der Waals surface area contributed by atoms with Crippen molar-refractivity contribution in [1.82, 2.24) is 4.90 Å². The van der Waals surface area contributed by atoms with Crippen molar-refractivity contribution in [3.8, 4) is 11.8 Å². The van der Waals surface area contributed by atoms with Crippen molar-refractivity contribution >= 4 is 22.4 Å². The molecule has 0 radical (unpaired) electrons. The fourth-order valence-electron chi connectivity index (χ4n) is 4.15. The number of fused-ring (bicyclic) bond motifs is 1. The molecule has 1 fully saturated rings. The minimum atomic E-state index is -0.440. The second kappa shape index (κ2) is 9.36. The Labute approximate surface area is 182 Å². The predicted molar refractivity (Wildman–Crippen MR) is 122 cm³/mol. The molecule has 1 aliphatic heterocycles. The molecule has 0 atom stereocenters. The molecule has 4 rings (SSSR count). The normalized spacial score (nSPS) is 14.9. The van der Waals surface area contributed by atoms with Gasteiger partial charge in [0.1, 0.15) is 17.4 Å². The molecule has 0 saturated carbocycles. The van der Waals surface area contributed by atoms with Crippen molar-refractivity contribution in [1.29, 1.82) is 5.26 Å². The van der Waals surface area contributed by atoms with Gasteiger partial charge in [0.25, 0.3) is 5.91 Å². The Hall–Kier alpha value is -3.78. The predicted octanol–water partition coefficient (Wildman–Crippen LogP) is 4.85. The van der Waals surface area contributed by atoms with Crippen LogP contribution in [-0.2, 0) is 11.2 Å². The van der Waals surface area contributed by atoms with Crippen LogP contribution in [0.5, 0.6) is 5.75 Å². The molecule has 31 heavy (non-hydrogen) atoms. The number of phenols is 1. The van der Waals surface area contributed by atoms with Crippen LogP contribution in [0, 0.1) is 17.2 Å². The number of nitrogens with zero attached hydrogens (tertiary/aromatic N) is 2. The molecule has 1 saturated heterocycles. The van der Waals surface area contributed by atoms with E-state index < -0.39 is 5.91 Å². The number of carbonyl (C=O) groups is 1. The van der Waals surface area contributed by atoms with Gasteiger partial charge in [0, 0.05) is 35.7 Å². The number of benzene rings is 3. The maximum atomic E-state index is 12.8. The van der Waals surface area contributed by atoms with E-state index in [-0.39, 0.29) is 11.3 Å². The molecule has 0 aliphatic carbocycles. The lowest BCUT2D eigenvalue weighted by Crippen LogP contribution is -2.31. The van der Waals surface area contributed by atoms with Crippen molar-refractivity contribution in [3.63, 3.8) is 0 Å². The minimum Gasteiger partial charge on any atom is -0.507 e. The van der Waals surface area contributed by atoms with E-state index in [1.807, 2.05) is 18.2 Å². The van der Waals surface area contributed by atoms with Crippen LogP contribution in [0.3, 0.4) is 0 Å². The molecule has 3 aromatic carbocycles. The summed E-state index contributed by atoms with van der Waals surface area (Å²) in [5.41, 5.74) is 2.01. The first-order chi connectivity index (χ1) is 15.1. The summed E-state index contributed by atoms with van der Waals surface area (Å²) in [6.07, 6.45) is 4.82. The summed E-state index contributed by atoms with van der Waals surface area (Å²) in [5.74, 6) is 0.336. The summed E-state index contributed by atoms with van der Waals surface area (Å²) >= 11 is 0. The summed E-state index contributed by atoms with van der Waals surface area (Å²) in [6.45, 7) is 1.66. The zero-order valence-corrected chi connectivity index (χ0v) is 17.3. The van der Waals surface area contributed by atoms with Crippen LogP contribution in [0.15, 0.2) is 78.5 Å². The van der Waals surface area contributed by atoms with Gasteiger partial charge in [-0.25, -0.2) is 0 Å². The van der Waals surface area contributed by atoms with Crippen LogP contribution >= 0.6 is 0 Å². The quantitative estimate of drug-likeness (QED) is 0.465. The number of aromatic hydroxyl groups is 1. The van der Waals surface area contributed by atoms with Gasteiger partial charge in [-0.1, -0.05) is 54.6 Å². The van der Waals surface area contributed by atoms with E-state index in [2.05, 4.69) is 34.5 Å². The van der Waals surface area contributed by atoms with Gasteiger partial charge in [-0.2, -0.15) is 5.26 Å². The molecule has 156 valence electrons.